The quantitative estimate of drug-likeness (QED) is 0.347. The van der Waals surface area contributed by atoms with Gasteiger partial charge in [-0.3, -0.25) is 4.79 Å². The average molecular weight is 228 g/mol. The molecule has 0 saturated carbocycles. The van der Waals surface area contributed by atoms with E-state index in [1.807, 2.05) is 0 Å². The van der Waals surface area contributed by atoms with Crippen molar-refractivity contribution in [1.29, 1.82) is 0 Å². The molecular formula is C8H12N4O4. The van der Waals surface area contributed by atoms with E-state index in [9.17, 15) is 9.59 Å². The fourth-order valence-corrected chi connectivity index (χ4v) is 1.03. The highest BCUT2D eigenvalue weighted by atomic mass is 16.4. The van der Waals surface area contributed by atoms with Crippen LogP contribution in [0, 0.1) is 0 Å². The van der Waals surface area contributed by atoms with Crippen LogP contribution in [0.1, 0.15) is 12.8 Å². The zero-order chi connectivity index (χ0) is 12.0. The molecular weight excluding hydrogens is 216 g/mol. The van der Waals surface area contributed by atoms with Gasteiger partial charge in [0.15, 0.2) is 0 Å². The number of hydrogen-bond donors (Lipinski definition) is 4. The molecule has 0 radical (unpaired) electrons. The van der Waals surface area contributed by atoms with E-state index in [4.69, 9.17) is 10.2 Å². The molecule has 0 atom stereocenters. The second kappa shape index (κ2) is 5.69. The van der Waals surface area contributed by atoms with E-state index in [1.54, 1.807) is 0 Å². The van der Waals surface area contributed by atoms with Gasteiger partial charge >= 0.3 is 11.9 Å². The Hall–Kier alpha value is -2.12. The summed E-state index contributed by atoms with van der Waals surface area (Å²) in [7, 11) is 0. The first-order valence-electron chi connectivity index (χ1n) is 4.65. The maximum absolute atomic E-state index is 10.7. The molecule has 0 bridgehead atoms. The fourth-order valence-electron chi connectivity index (χ4n) is 1.03. The van der Waals surface area contributed by atoms with Gasteiger partial charge in [-0.05, 0) is 0 Å². The number of carboxylic acid groups (broad SMARTS) is 2. The van der Waals surface area contributed by atoms with E-state index in [0.717, 1.165) is 0 Å². The summed E-state index contributed by atoms with van der Waals surface area (Å²) in [5.41, 5.74) is 2.20. The molecule has 0 unspecified atom stereocenters. The molecule has 0 aromatic rings. The normalized spacial score (nSPS) is 15.2. The highest BCUT2D eigenvalue weighted by Crippen LogP contribution is 1.94. The van der Waals surface area contributed by atoms with Crippen molar-refractivity contribution < 1.29 is 19.8 Å². The Bertz CT molecular complexity index is 350. The molecule has 8 nitrogen and oxygen atoms in total. The van der Waals surface area contributed by atoms with Crippen molar-refractivity contribution >= 4 is 23.6 Å². The van der Waals surface area contributed by atoms with Crippen LogP contribution in [-0.4, -0.2) is 46.9 Å². The van der Waals surface area contributed by atoms with Gasteiger partial charge in [0.1, 0.15) is 5.71 Å². The van der Waals surface area contributed by atoms with Gasteiger partial charge in [-0.1, -0.05) is 0 Å². The maximum atomic E-state index is 10.7. The summed E-state index contributed by atoms with van der Waals surface area (Å²) in [4.78, 5) is 24.9. The molecule has 1 aliphatic rings. The fraction of sp³-hybridized carbons (Fsp3) is 0.500. The summed E-state index contributed by atoms with van der Waals surface area (Å²) >= 11 is 0. The zero-order valence-electron chi connectivity index (χ0n) is 8.43. The van der Waals surface area contributed by atoms with E-state index < -0.39 is 11.9 Å². The van der Waals surface area contributed by atoms with Crippen molar-refractivity contribution in [2.24, 2.45) is 10.1 Å². The van der Waals surface area contributed by atoms with Crippen molar-refractivity contribution in [1.82, 2.24) is 10.7 Å². The lowest BCUT2D eigenvalue weighted by atomic mass is 10.2. The van der Waals surface area contributed by atoms with Crippen LogP contribution >= 0.6 is 0 Å². The topological polar surface area (TPSA) is 123 Å². The van der Waals surface area contributed by atoms with Crippen LogP contribution in [0.15, 0.2) is 10.1 Å². The van der Waals surface area contributed by atoms with Crippen LogP contribution in [0.25, 0.3) is 0 Å². The van der Waals surface area contributed by atoms with Crippen molar-refractivity contribution in [2.75, 3.05) is 13.1 Å². The van der Waals surface area contributed by atoms with Crippen LogP contribution < -0.4 is 10.7 Å². The number of hydrogen-bond acceptors (Lipinski definition) is 6. The third-order valence-corrected chi connectivity index (χ3v) is 1.79. The molecule has 88 valence electrons. The third-order valence-electron chi connectivity index (χ3n) is 1.79. The number of aliphatic carboxylic acids is 2. The summed E-state index contributed by atoms with van der Waals surface area (Å²) < 4.78 is 0. The summed E-state index contributed by atoms with van der Waals surface area (Å²) in [5.74, 6) is -1.91. The number of hydrazone groups is 1. The average Bonchev–Trinajstić information content (AvgIpc) is 2.69. The van der Waals surface area contributed by atoms with Gasteiger partial charge in [0.25, 0.3) is 0 Å². The number of nitrogens with zero attached hydrogens (tertiary/aromatic N) is 2. The van der Waals surface area contributed by atoms with Crippen molar-refractivity contribution in [3.05, 3.63) is 0 Å². The monoisotopic (exact) mass is 228 g/mol. The van der Waals surface area contributed by atoms with Crippen molar-refractivity contribution in [3.8, 4) is 0 Å². The van der Waals surface area contributed by atoms with Gasteiger partial charge in [-0.2, -0.15) is 5.10 Å². The van der Waals surface area contributed by atoms with E-state index in [-0.39, 0.29) is 18.6 Å². The molecule has 1 heterocycles. The smallest absolute Gasteiger partial charge is 0.352 e. The molecule has 1 aliphatic heterocycles. The first kappa shape index (κ1) is 12.0. The largest absolute Gasteiger partial charge is 0.481 e. The van der Waals surface area contributed by atoms with Gasteiger partial charge in [0.05, 0.1) is 13.0 Å². The first-order valence-corrected chi connectivity index (χ1v) is 4.65. The highest BCUT2D eigenvalue weighted by molar-refractivity contribution is 6.35. The predicted octanol–water partition coefficient (Wildman–Crippen LogP) is -1.16. The lowest BCUT2D eigenvalue weighted by Crippen LogP contribution is -2.32. The van der Waals surface area contributed by atoms with Crippen molar-refractivity contribution in [3.63, 3.8) is 0 Å². The standard InChI is InChI=1S/C8H12N4O4/c13-6(14)2-1-5(7(15)16)11-12-8-9-3-4-10-8/h1-4H2,(H,13,14)(H,15,16)(H2,9,10,12)/b11-5+. The van der Waals surface area contributed by atoms with E-state index in [0.29, 0.717) is 19.0 Å². The lowest BCUT2D eigenvalue weighted by Gasteiger charge is -2.02. The Kier molecular flexibility index (Phi) is 4.25. The Balaban J connectivity index is 2.51. The molecule has 0 aliphatic carbocycles. The molecule has 4 N–H and O–H groups in total. The van der Waals surface area contributed by atoms with Crippen molar-refractivity contribution in [2.45, 2.75) is 12.8 Å². The van der Waals surface area contributed by atoms with Gasteiger partial charge in [-0.15, -0.1) is 0 Å². The molecule has 16 heavy (non-hydrogen) atoms. The third kappa shape index (κ3) is 3.95. The van der Waals surface area contributed by atoms with Crippen LogP contribution in [0.4, 0.5) is 0 Å². The number of carbonyl (C=O) groups is 2. The predicted molar refractivity (Wildman–Crippen MR) is 55.4 cm³/mol. The molecule has 0 aromatic carbocycles. The van der Waals surface area contributed by atoms with E-state index >= 15 is 0 Å². The second-order valence-corrected chi connectivity index (χ2v) is 3.03. The molecule has 8 heteroatoms. The van der Waals surface area contributed by atoms with Crippen LogP contribution in [0.2, 0.25) is 0 Å². The molecule has 0 spiro atoms. The summed E-state index contributed by atoms with van der Waals surface area (Å²) in [5, 5.41) is 23.6. The highest BCUT2D eigenvalue weighted by Gasteiger charge is 2.12. The summed E-state index contributed by atoms with van der Waals surface area (Å²) in [6.45, 7) is 1.28. The van der Waals surface area contributed by atoms with Gasteiger partial charge in [0, 0.05) is 13.0 Å². The minimum Gasteiger partial charge on any atom is -0.481 e. The van der Waals surface area contributed by atoms with E-state index in [2.05, 4.69) is 20.8 Å². The molecule has 0 fully saturated rings. The van der Waals surface area contributed by atoms with Gasteiger partial charge in [-0.25, -0.2) is 15.2 Å². The van der Waals surface area contributed by atoms with Crippen LogP contribution in [-0.2, 0) is 9.59 Å². The number of carboxylic acids is 2. The number of aliphatic imine (C=N–C) groups is 1. The Morgan fingerprint density at radius 1 is 1.44 bits per heavy atom. The second-order valence-electron chi connectivity index (χ2n) is 3.03. The number of nitrogens with one attached hydrogen (secondary N) is 2. The summed E-state index contributed by atoms with van der Waals surface area (Å²) in [6.07, 6.45) is -0.405. The first-order chi connectivity index (χ1) is 7.59. The molecule has 0 saturated heterocycles. The van der Waals surface area contributed by atoms with Crippen LogP contribution in [0.3, 0.4) is 0 Å². The molecule has 0 amide bonds. The minimum atomic E-state index is -1.24. The zero-order valence-corrected chi connectivity index (χ0v) is 8.43. The van der Waals surface area contributed by atoms with E-state index in [1.165, 1.54) is 0 Å². The Labute approximate surface area is 91.1 Å². The Morgan fingerprint density at radius 3 is 2.69 bits per heavy atom. The van der Waals surface area contributed by atoms with Crippen LogP contribution in [0.5, 0.6) is 0 Å². The van der Waals surface area contributed by atoms with Gasteiger partial charge < -0.3 is 15.5 Å². The number of guanidine groups is 1. The SMILES string of the molecule is O=C(O)CC/C(=N\NC1=NCCN1)C(=O)O. The number of rotatable bonds is 5. The molecule has 0 aromatic heterocycles. The Morgan fingerprint density at radius 2 is 2.19 bits per heavy atom. The van der Waals surface area contributed by atoms with Gasteiger partial charge in [0.2, 0.25) is 5.96 Å². The lowest BCUT2D eigenvalue weighted by molar-refractivity contribution is -0.136. The maximum Gasteiger partial charge on any atom is 0.352 e. The molecule has 1 rings (SSSR count). The minimum absolute atomic E-state index is 0.134. The summed E-state index contributed by atoms with van der Waals surface area (Å²) in [6, 6.07) is 0.